The van der Waals surface area contributed by atoms with Crippen LogP contribution in [0.1, 0.15) is 51.2 Å². The van der Waals surface area contributed by atoms with Crippen LogP contribution in [-0.4, -0.2) is 33.2 Å². The van der Waals surface area contributed by atoms with Crippen molar-refractivity contribution in [1.82, 2.24) is 15.5 Å². The molecule has 1 aromatic heterocycles. The van der Waals surface area contributed by atoms with E-state index >= 15 is 0 Å². The quantitative estimate of drug-likeness (QED) is 0.768. The summed E-state index contributed by atoms with van der Waals surface area (Å²) in [5.41, 5.74) is 0. The first kappa shape index (κ1) is 15.1. The number of aliphatic carboxylic acids is 1. The number of nitrogens with one attached hydrogen (secondary N) is 1. The third-order valence-corrected chi connectivity index (χ3v) is 2.61. The van der Waals surface area contributed by atoms with Gasteiger partial charge in [0.05, 0.1) is 0 Å². The zero-order valence-corrected chi connectivity index (χ0v) is 11.3. The third-order valence-electron chi connectivity index (χ3n) is 2.61. The molecule has 2 N–H and O–H groups in total. The van der Waals surface area contributed by atoms with E-state index in [-0.39, 0.29) is 18.2 Å². The van der Waals surface area contributed by atoms with Gasteiger partial charge in [-0.1, -0.05) is 25.9 Å². The Hall–Kier alpha value is -1.92. The molecular formula is C12H19N3O4. The van der Waals surface area contributed by atoms with Gasteiger partial charge in [0.2, 0.25) is 11.8 Å². The van der Waals surface area contributed by atoms with Crippen LogP contribution in [0.2, 0.25) is 0 Å². The number of carboxylic acids is 1. The minimum Gasteiger partial charge on any atom is -0.480 e. The van der Waals surface area contributed by atoms with Crippen LogP contribution in [0, 0.1) is 0 Å². The fourth-order valence-corrected chi connectivity index (χ4v) is 1.43. The highest BCUT2D eigenvalue weighted by molar-refractivity contribution is 5.83. The predicted octanol–water partition coefficient (Wildman–Crippen LogP) is 1.10. The van der Waals surface area contributed by atoms with Gasteiger partial charge in [0.25, 0.3) is 0 Å². The van der Waals surface area contributed by atoms with Gasteiger partial charge in [-0.15, -0.1) is 0 Å². The lowest BCUT2D eigenvalue weighted by molar-refractivity contribution is -0.141. The monoisotopic (exact) mass is 269 g/mol. The normalized spacial score (nSPS) is 12.4. The van der Waals surface area contributed by atoms with Gasteiger partial charge in [-0.3, -0.25) is 4.79 Å². The Labute approximate surface area is 111 Å². The van der Waals surface area contributed by atoms with E-state index in [1.165, 1.54) is 0 Å². The van der Waals surface area contributed by atoms with E-state index in [9.17, 15) is 9.59 Å². The summed E-state index contributed by atoms with van der Waals surface area (Å²) in [5, 5.41) is 15.0. The number of carbonyl (C=O) groups is 2. The van der Waals surface area contributed by atoms with Crippen LogP contribution in [0.15, 0.2) is 4.52 Å². The molecule has 0 saturated heterocycles. The zero-order valence-electron chi connectivity index (χ0n) is 11.3. The van der Waals surface area contributed by atoms with Gasteiger partial charge < -0.3 is 14.9 Å². The first-order valence-corrected chi connectivity index (χ1v) is 6.28. The standard InChI is InChI=1S/C12H19N3O4/c1-4-8(12(17)18)13-9(16)5-6-10-14-11(7(2)3)15-19-10/h7-8H,4-6H2,1-3H3,(H,13,16)(H,17,18). The van der Waals surface area contributed by atoms with Crippen molar-refractivity contribution in [3.8, 4) is 0 Å². The van der Waals surface area contributed by atoms with Crippen molar-refractivity contribution in [2.24, 2.45) is 0 Å². The smallest absolute Gasteiger partial charge is 0.326 e. The van der Waals surface area contributed by atoms with Crippen molar-refractivity contribution in [3.05, 3.63) is 11.7 Å². The molecular weight excluding hydrogens is 250 g/mol. The minimum atomic E-state index is -1.03. The molecule has 1 rings (SSSR count). The Balaban J connectivity index is 2.43. The van der Waals surface area contributed by atoms with Gasteiger partial charge in [-0.25, -0.2) is 4.79 Å². The second-order valence-corrected chi connectivity index (χ2v) is 4.57. The molecule has 0 bridgehead atoms. The molecule has 0 aliphatic carbocycles. The Kier molecular flexibility index (Phi) is 5.47. The molecule has 1 heterocycles. The second-order valence-electron chi connectivity index (χ2n) is 4.57. The summed E-state index contributed by atoms with van der Waals surface area (Å²) in [6, 6.07) is -0.846. The Morgan fingerprint density at radius 3 is 2.58 bits per heavy atom. The SMILES string of the molecule is CCC(NC(=O)CCc1nc(C(C)C)no1)C(=O)O. The topological polar surface area (TPSA) is 105 Å². The summed E-state index contributed by atoms with van der Waals surface area (Å²) >= 11 is 0. The van der Waals surface area contributed by atoms with Gasteiger partial charge in [-0.2, -0.15) is 4.98 Å². The largest absolute Gasteiger partial charge is 0.480 e. The van der Waals surface area contributed by atoms with Gasteiger partial charge in [0.1, 0.15) is 6.04 Å². The van der Waals surface area contributed by atoms with Gasteiger partial charge in [0.15, 0.2) is 5.82 Å². The number of nitrogens with zero attached hydrogens (tertiary/aromatic N) is 2. The fraction of sp³-hybridized carbons (Fsp3) is 0.667. The van der Waals surface area contributed by atoms with Crippen LogP contribution >= 0.6 is 0 Å². The summed E-state index contributed by atoms with van der Waals surface area (Å²) in [7, 11) is 0. The maximum atomic E-state index is 11.6. The zero-order chi connectivity index (χ0) is 14.4. The predicted molar refractivity (Wildman–Crippen MR) is 66.6 cm³/mol. The molecule has 1 aromatic rings. The van der Waals surface area contributed by atoms with Gasteiger partial charge in [-0.05, 0) is 6.42 Å². The number of hydrogen-bond donors (Lipinski definition) is 2. The summed E-state index contributed by atoms with van der Waals surface area (Å²) in [4.78, 5) is 26.5. The molecule has 0 spiro atoms. The number of carbonyl (C=O) groups excluding carboxylic acids is 1. The molecule has 1 unspecified atom stereocenters. The van der Waals surface area contributed by atoms with E-state index in [1.807, 2.05) is 13.8 Å². The molecule has 0 aliphatic rings. The summed E-state index contributed by atoms with van der Waals surface area (Å²) < 4.78 is 5.00. The molecule has 1 amide bonds. The molecule has 0 fully saturated rings. The van der Waals surface area contributed by atoms with Crippen LogP contribution in [-0.2, 0) is 16.0 Å². The van der Waals surface area contributed by atoms with Crippen molar-refractivity contribution in [2.75, 3.05) is 0 Å². The fourth-order valence-electron chi connectivity index (χ4n) is 1.43. The summed E-state index contributed by atoms with van der Waals surface area (Å²) in [6.45, 7) is 5.59. The van der Waals surface area contributed by atoms with Crippen LogP contribution < -0.4 is 5.32 Å². The van der Waals surface area contributed by atoms with Gasteiger partial charge >= 0.3 is 5.97 Å². The maximum absolute atomic E-state index is 11.6. The van der Waals surface area contributed by atoms with Crippen LogP contribution in [0.3, 0.4) is 0 Å². The lowest BCUT2D eigenvalue weighted by Crippen LogP contribution is -2.40. The van der Waals surface area contributed by atoms with E-state index in [0.29, 0.717) is 24.6 Å². The van der Waals surface area contributed by atoms with Crippen molar-refractivity contribution in [3.63, 3.8) is 0 Å². The van der Waals surface area contributed by atoms with Crippen molar-refractivity contribution < 1.29 is 19.2 Å². The van der Waals surface area contributed by atoms with Crippen LogP contribution in [0.5, 0.6) is 0 Å². The number of rotatable bonds is 7. The van der Waals surface area contributed by atoms with Crippen molar-refractivity contribution in [2.45, 2.75) is 52.0 Å². The number of carboxylic acid groups (broad SMARTS) is 1. The molecule has 19 heavy (non-hydrogen) atoms. The number of hydrogen-bond acceptors (Lipinski definition) is 5. The molecule has 7 nitrogen and oxygen atoms in total. The summed E-state index contributed by atoms with van der Waals surface area (Å²) in [6.07, 6.45) is 0.782. The highest BCUT2D eigenvalue weighted by Crippen LogP contribution is 2.10. The Morgan fingerprint density at radius 1 is 1.42 bits per heavy atom. The molecule has 0 saturated carbocycles. The molecule has 0 aromatic carbocycles. The molecule has 0 radical (unpaired) electrons. The lowest BCUT2D eigenvalue weighted by Gasteiger charge is -2.11. The van der Waals surface area contributed by atoms with E-state index in [1.54, 1.807) is 6.92 Å². The molecule has 0 aliphatic heterocycles. The summed E-state index contributed by atoms with van der Waals surface area (Å²) in [5.74, 6) is -0.202. The number of aromatic nitrogens is 2. The second kappa shape index (κ2) is 6.86. The van der Waals surface area contributed by atoms with Gasteiger partial charge in [0, 0.05) is 18.8 Å². The first-order chi connectivity index (χ1) is 8.93. The molecule has 1 atom stereocenters. The van der Waals surface area contributed by atoms with Crippen LogP contribution in [0.25, 0.3) is 0 Å². The lowest BCUT2D eigenvalue weighted by atomic mass is 10.2. The average Bonchev–Trinajstić information content (AvgIpc) is 2.82. The minimum absolute atomic E-state index is 0.128. The van der Waals surface area contributed by atoms with Crippen LogP contribution in [0.4, 0.5) is 0 Å². The highest BCUT2D eigenvalue weighted by atomic mass is 16.5. The van der Waals surface area contributed by atoms with Crippen molar-refractivity contribution in [1.29, 1.82) is 0 Å². The highest BCUT2D eigenvalue weighted by Gasteiger charge is 2.18. The molecule has 106 valence electrons. The van der Waals surface area contributed by atoms with E-state index < -0.39 is 12.0 Å². The number of aryl methyl sites for hydroxylation is 1. The van der Waals surface area contributed by atoms with E-state index in [0.717, 1.165) is 0 Å². The Bertz CT molecular complexity index is 442. The van der Waals surface area contributed by atoms with E-state index in [2.05, 4.69) is 15.5 Å². The first-order valence-electron chi connectivity index (χ1n) is 6.28. The van der Waals surface area contributed by atoms with E-state index in [4.69, 9.17) is 9.63 Å². The Morgan fingerprint density at radius 2 is 2.11 bits per heavy atom. The molecule has 7 heteroatoms. The van der Waals surface area contributed by atoms with Crippen molar-refractivity contribution >= 4 is 11.9 Å². The third kappa shape index (κ3) is 4.69. The number of amides is 1. The average molecular weight is 269 g/mol. The maximum Gasteiger partial charge on any atom is 0.326 e.